The van der Waals surface area contributed by atoms with Gasteiger partial charge in [-0.15, -0.1) is 0 Å². The molecule has 2 aromatic heterocycles. The molecular weight excluding hydrogens is 322 g/mol. The molecule has 5 N–H and O–H groups in total. The molecule has 0 saturated heterocycles. The standard InChI is InChI=1S/C16H23N7O2/c1-9(2)19-16(24)25-11-4-3-10(7-11)12-8-14(23-22-12)20-13-5-6-18-15(17)21-13/h5-6,8-11H,3-4,7H2,1-2H3,(H,19,24)(H4,17,18,20,21,22,23)/t10-,11+/m0/s1. The number of hydrogen-bond acceptors (Lipinski definition) is 7. The summed E-state index contributed by atoms with van der Waals surface area (Å²) in [6, 6.07) is 3.73. The SMILES string of the molecule is CC(C)NC(=O)O[C@@H]1CC[C@H](c2cc(Nc3ccnc(N)n3)n[nH]2)C1. The zero-order valence-electron chi connectivity index (χ0n) is 14.3. The van der Waals surface area contributed by atoms with Crippen molar-refractivity contribution in [2.24, 2.45) is 0 Å². The number of nitrogens with one attached hydrogen (secondary N) is 3. The molecular formula is C16H23N7O2. The summed E-state index contributed by atoms with van der Waals surface area (Å²) < 4.78 is 5.46. The van der Waals surface area contributed by atoms with Crippen LogP contribution >= 0.6 is 0 Å². The first-order valence-corrected chi connectivity index (χ1v) is 8.37. The average molecular weight is 345 g/mol. The summed E-state index contributed by atoms with van der Waals surface area (Å²) in [6.07, 6.45) is 3.74. The van der Waals surface area contributed by atoms with Crippen molar-refractivity contribution in [2.75, 3.05) is 11.1 Å². The molecule has 0 aliphatic heterocycles. The van der Waals surface area contributed by atoms with Crippen LogP contribution in [0, 0.1) is 0 Å². The van der Waals surface area contributed by atoms with Gasteiger partial charge in [0.25, 0.3) is 0 Å². The fourth-order valence-electron chi connectivity index (χ4n) is 2.94. The Morgan fingerprint density at radius 1 is 1.40 bits per heavy atom. The molecule has 0 spiro atoms. The van der Waals surface area contributed by atoms with Gasteiger partial charge in [-0.25, -0.2) is 9.78 Å². The van der Waals surface area contributed by atoms with Gasteiger partial charge in [0, 0.05) is 29.9 Å². The van der Waals surface area contributed by atoms with E-state index >= 15 is 0 Å². The van der Waals surface area contributed by atoms with Gasteiger partial charge in [-0.2, -0.15) is 10.1 Å². The van der Waals surface area contributed by atoms with Crippen LogP contribution in [0.25, 0.3) is 0 Å². The summed E-state index contributed by atoms with van der Waals surface area (Å²) in [5, 5.41) is 13.1. The number of anilines is 3. The molecule has 2 heterocycles. The summed E-state index contributed by atoms with van der Waals surface area (Å²) in [7, 11) is 0. The maximum Gasteiger partial charge on any atom is 0.407 e. The number of nitrogens with two attached hydrogens (primary N) is 1. The van der Waals surface area contributed by atoms with Crippen molar-refractivity contribution in [1.29, 1.82) is 0 Å². The minimum Gasteiger partial charge on any atom is -0.446 e. The Bertz CT molecular complexity index is 731. The van der Waals surface area contributed by atoms with Crippen LogP contribution in [0.15, 0.2) is 18.3 Å². The number of ether oxygens (including phenoxy) is 1. The number of nitrogen functional groups attached to an aromatic ring is 1. The van der Waals surface area contributed by atoms with Crippen LogP contribution in [0.3, 0.4) is 0 Å². The number of carbonyl (C=O) groups excluding carboxylic acids is 1. The average Bonchev–Trinajstić information content (AvgIpc) is 3.15. The molecule has 0 aromatic carbocycles. The molecule has 1 aliphatic rings. The van der Waals surface area contributed by atoms with Gasteiger partial charge in [-0.3, -0.25) is 5.10 Å². The third kappa shape index (κ3) is 4.59. The number of aromatic amines is 1. The first kappa shape index (κ1) is 17.0. The van der Waals surface area contributed by atoms with Crippen LogP contribution in [-0.2, 0) is 4.74 Å². The van der Waals surface area contributed by atoms with Crippen molar-refractivity contribution in [3.63, 3.8) is 0 Å². The number of hydrogen-bond donors (Lipinski definition) is 4. The fourth-order valence-corrected chi connectivity index (χ4v) is 2.94. The van der Waals surface area contributed by atoms with Crippen molar-refractivity contribution >= 4 is 23.7 Å². The molecule has 25 heavy (non-hydrogen) atoms. The highest BCUT2D eigenvalue weighted by Crippen LogP contribution is 2.36. The van der Waals surface area contributed by atoms with Gasteiger partial charge in [0.05, 0.1) is 0 Å². The summed E-state index contributed by atoms with van der Waals surface area (Å²) in [4.78, 5) is 19.6. The second kappa shape index (κ2) is 7.37. The van der Waals surface area contributed by atoms with Gasteiger partial charge >= 0.3 is 6.09 Å². The minimum atomic E-state index is -0.353. The van der Waals surface area contributed by atoms with Gasteiger partial charge < -0.3 is 21.1 Å². The summed E-state index contributed by atoms with van der Waals surface area (Å²) in [5.41, 5.74) is 6.58. The van der Waals surface area contributed by atoms with E-state index in [9.17, 15) is 4.79 Å². The highest BCUT2D eigenvalue weighted by Gasteiger charge is 2.30. The number of H-pyrrole nitrogens is 1. The van der Waals surface area contributed by atoms with E-state index in [4.69, 9.17) is 10.5 Å². The number of aromatic nitrogens is 4. The lowest BCUT2D eigenvalue weighted by Crippen LogP contribution is -2.33. The Labute approximate surface area is 145 Å². The molecule has 1 amide bonds. The second-order valence-electron chi connectivity index (χ2n) is 6.47. The van der Waals surface area contributed by atoms with Crippen LogP contribution in [0.1, 0.15) is 44.7 Å². The normalized spacial score (nSPS) is 19.8. The van der Waals surface area contributed by atoms with E-state index in [1.54, 1.807) is 12.3 Å². The lowest BCUT2D eigenvalue weighted by Gasteiger charge is -2.14. The van der Waals surface area contributed by atoms with E-state index in [0.29, 0.717) is 11.6 Å². The lowest BCUT2D eigenvalue weighted by molar-refractivity contribution is 0.0981. The molecule has 9 heteroatoms. The zero-order valence-corrected chi connectivity index (χ0v) is 14.3. The van der Waals surface area contributed by atoms with Crippen molar-refractivity contribution in [2.45, 2.75) is 51.2 Å². The summed E-state index contributed by atoms with van der Waals surface area (Å²) >= 11 is 0. The third-order valence-corrected chi connectivity index (χ3v) is 4.03. The van der Waals surface area contributed by atoms with Crippen molar-refractivity contribution in [3.8, 4) is 0 Å². The number of rotatable bonds is 5. The van der Waals surface area contributed by atoms with Crippen LogP contribution in [0.5, 0.6) is 0 Å². The van der Waals surface area contributed by atoms with E-state index in [1.165, 1.54) is 0 Å². The predicted octanol–water partition coefficient (Wildman–Crippen LogP) is 2.30. The van der Waals surface area contributed by atoms with E-state index in [2.05, 4.69) is 30.8 Å². The largest absolute Gasteiger partial charge is 0.446 e. The Kier molecular flexibility index (Phi) is 5.01. The Morgan fingerprint density at radius 2 is 2.24 bits per heavy atom. The molecule has 1 saturated carbocycles. The summed E-state index contributed by atoms with van der Waals surface area (Å²) in [5.74, 6) is 1.74. The highest BCUT2D eigenvalue weighted by atomic mass is 16.6. The van der Waals surface area contributed by atoms with E-state index in [-0.39, 0.29) is 30.1 Å². The fraction of sp³-hybridized carbons (Fsp3) is 0.500. The van der Waals surface area contributed by atoms with Gasteiger partial charge in [0.15, 0.2) is 5.82 Å². The lowest BCUT2D eigenvalue weighted by atomic mass is 10.0. The number of alkyl carbamates (subject to hydrolysis) is 1. The monoisotopic (exact) mass is 345 g/mol. The maximum atomic E-state index is 11.7. The van der Waals surface area contributed by atoms with Gasteiger partial charge in [0.2, 0.25) is 5.95 Å². The van der Waals surface area contributed by atoms with E-state index in [1.807, 2.05) is 19.9 Å². The van der Waals surface area contributed by atoms with Crippen molar-refractivity contribution in [3.05, 3.63) is 24.0 Å². The maximum absolute atomic E-state index is 11.7. The molecule has 0 radical (unpaired) electrons. The zero-order chi connectivity index (χ0) is 17.8. The minimum absolute atomic E-state index is 0.0647. The molecule has 0 unspecified atom stereocenters. The second-order valence-corrected chi connectivity index (χ2v) is 6.47. The van der Waals surface area contributed by atoms with E-state index in [0.717, 1.165) is 25.0 Å². The molecule has 134 valence electrons. The third-order valence-electron chi connectivity index (χ3n) is 4.03. The van der Waals surface area contributed by atoms with Gasteiger partial charge in [-0.05, 0) is 39.2 Å². The van der Waals surface area contributed by atoms with Crippen LogP contribution in [-0.4, -0.2) is 38.4 Å². The van der Waals surface area contributed by atoms with E-state index < -0.39 is 0 Å². The molecule has 3 rings (SSSR count). The van der Waals surface area contributed by atoms with Crippen LogP contribution < -0.4 is 16.4 Å². The van der Waals surface area contributed by atoms with Crippen molar-refractivity contribution in [1.82, 2.24) is 25.5 Å². The Balaban J connectivity index is 1.55. The summed E-state index contributed by atoms with van der Waals surface area (Å²) in [6.45, 7) is 3.81. The molecule has 2 atom stereocenters. The number of nitrogens with zero attached hydrogens (tertiary/aromatic N) is 3. The topological polar surface area (TPSA) is 131 Å². The van der Waals surface area contributed by atoms with Gasteiger partial charge in [0.1, 0.15) is 11.9 Å². The Morgan fingerprint density at radius 3 is 3.00 bits per heavy atom. The van der Waals surface area contributed by atoms with Crippen molar-refractivity contribution < 1.29 is 9.53 Å². The predicted molar refractivity (Wildman–Crippen MR) is 93.4 cm³/mol. The van der Waals surface area contributed by atoms with Gasteiger partial charge in [-0.1, -0.05) is 0 Å². The quantitative estimate of drug-likeness (QED) is 0.654. The molecule has 9 nitrogen and oxygen atoms in total. The molecule has 1 aliphatic carbocycles. The smallest absolute Gasteiger partial charge is 0.407 e. The highest BCUT2D eigenvalue weighted by molar-refractivity contribution is 5.67. The van der Waals surface area contributed by atoms with Crippen LogP contribution in [0.2, 0.25) is 0 Å². The molecule has 0 bridgehead atoms. The number of amides is 1. The van der Waals surface area contributed by atoms with Crippen LogP contribution in [0.4, 0.5) is 22.4 Å². The Hall–Kier alpha value is -2.84. The number of carbonyl (C=O) groups is 1. The first-order valence-electron chi connectivity index (χ1n) is 8.37. The first-order chi connectivity index (χ1) is 12.0. The molecule has 2 aromatic rings. The molecule has 1 fully saturated rings.